The molecule has 1 aliphatic carbocycles. The molecule has 1 rings (SSSR count). The lowest BCUT2D eigenvalue weighted by Crippen LogP contribution is -2.55. The highest BCUT2D eigenvalue weighted by atomic mass is 16.6. The summed E-state index contributed by atoms with van der Waals surface area (Å²) in [5.41, 5.74) is -0.600. The van der Waals surface area contributed by atoms with Crippen LogP contribution in [-0.4, -0.2) is 29.7 Å². The summed E-state index contributed by atoms with van der Waals surface area (Å²) in [5, 5.41) is 14.3. The van der Waals surface area contributed by atoms with Crippen LogP contribution in [0, 0.1) is 17.2 Å². The Morgan fingerprint density at radius 2 is 1.95 bits per heavy atom. The van der Waals surface area contributed by atoms with Crippen LogP contribution in [0.1, 0.15) is 59.8 Å². The fourth-order valence-electron chi connectivity index (χ4n) is 2.30. The molecule has 124 valence electrons. The number of ether oxygens (including phenoxy) is 1. The van der Waals surface area contributed by atoms with Gasteiger partial charge in [0.15, 0.2) is 0 Å². The number of rotatable bonds is 6. The average molecular weight is 309 g/mol. The highest BCUT2D eigenvalue weighted by molar-refractivity contribution is 5.86. The molecule has 22 heavy (non-hydrogen) atoms. The van der Waals surface area contributed by atoms with Gasteiger partial charge in [0.05, 0.1) is 12.5 Å². The van der Waals surface area contributed by atoms with Crippen LogP contribution in [0.25, 0.3) is 0 Å². The monoisotopic (exact) mass is 309 g/mol. The van der Waals surface area contributed by atoms with E-state index in [4.69, 9.17) is 10.00 Å². The first kappa shape index (κ1) is 18.3. The van der Waals surface area contributed by atoms with E-state index in [0.29, 0.717) is 6.42 Å². The van der Waals surface area contributed by atoms with Crippen molar-refractivity contribution in [2.24, 2.45) is 5.92 Å². The zero-order chi connectivity index (χ0) is 16.8. The van der Waals surface area contributed by atoms with Gasteiger partial charge in [0, 0.05) is 6.04 Å². The maximum atomic E-state index is 12.4. The predicted octanol–water partition coefficient (Wildman–Crippen LogP) is 2.49. The number of alkyl carbamates (subject to hydrolysis) is 1. The number of hydrogen-bond acceptors (Lipinski definition) is 4. The van der Waals surface area contributed by atoms with Crippen molar-refractivity contribution in [2.75, 3.05) is 0 Å². The molecule has 1 aliphatic rings. The maximum absolute atomic E-state index is 12.4. The quantitative estimate of drug-likeness (QED) is 0.788. The molecule has 6 nitrogen and oxygen atoms in total. The summed E-state index contributed by atoms with van der Waals surface area (Å²) in [5.74, 6) is -0.0789. The molecule has 1 fully saturated rings. The van der Waals surface area contributed by atoms with E-state index in [2.05, 4.69) is 16.7 Å². The van der Waals surface area contributed by atoms with Gasteiger partial charge in [-0.1, -0.05) is 13.3 Å². The third-order valence-corrected chi connectivity index (χ3v) is 3.75. The summed E-state index contributed by atoms with van der Waals surface area (Å²) in [6.07, 6.45) is 3.29. The van der Waals surface area contributed by atoms with Crippen molar-refractivity contribution in [1.82, 2.24) is 10.6 Å². The molecule has 0 aliphatic heterocycles. The summed E-state index contributed by atoms with van der Waals surface area (Å²) in [6.45, 7) is 7.27. The maximum Gasteiger partial charge on any atom is 0.408 e. The second kappa shape index (κ2) is 8.02. The van der Waals surface area contributed by atoms with Gasteiger partial charge in [-0.25, -0.2) is 4.79 Å². The molecule has 0 aromatic rings. The molecular formula is C16H27N3O3. The Labute approximate surface area is 132 Å². The standard InChI is InChI=1S/C16H27N3O3/c1-5-12(9-10-17)18-14(20)13(11-7-6-8-11)19-15(21)22-16(2,3)4/h11-13H,5-9H2,1-4H3,(H,18,20)(H,19,21)/t12-,13-/m1/s1. The lowest BCUT2D eigenvalue weighted by Gasteiger charge is -2.34. The third kappa shape index (κ3) is 5.92. The zero-order valence-electron chi connectivity index (χ0n) is 13.9. The molecule has 0 radical (unpaired) electrons. The number of nitriles is 1. The summed E-state index contributed by atoms with van der Waals surface area (Å²) in [6, 6.07) is 1.30. The second-order valence-corrected chi connectivity index (χ2v) is 6.79. The van der Waals surface area contributed by atoms with Gasteiger partial charge < -0.3 is 15.4 Å². The Kier molecular flexibility index (Phi) is 6.66. The van der Waals surface area contributed by atoms with E-state index < -0.39 is 17.7 Å². The lowest BCUT2D eigenvalue weighted by molar-refractivity contribution is -0.126. The number of hydrogen-bond donors (Lipinski definition) is 2. The van der Waals surface area contributed by atoms with Crippen LogP contribution in [-0.2, 0) is 9.53 Å². The third-order valence-electron chi connectivity index (χ3n) is 3.75. The molecular weight excluding hydrogens is 282 g/mol. The van der Waals surface area contributed by atoms with E-state index >= 15 is 0 Å². The van der Waals surface area contributed by atoms with Crippen LogP contribution < -0.4 is 10.6 Å². The fourth-order valence-corrected chi connectivity index (χ4v) is 2.30. The van der Waals surface area contributed by atoms with Gasteiger partial charge in [0.25, 0.3) is 0 Å². The van der Waals surface area contributed by atoms with Gasteiger partial charge >= 0.3 is 6.09 Å². The fraction of sp³-hybridized carbons (Fsp3) is 0.812. The summed E-state index contributed by atoms with van der Waals surface area (Å²) in [4.78, 5) is 24.4. The molecule has 6 heteroatoms. The molecule has 0 spiro atoms. The predicted molar refractivity (Wildman–Crippen MR) is 83.0 cm³/mol. The van der Waals surface area contributed by atoms with Gasteiger partial charge in [-0.05, 0) is 46.0 Å². The molecule has 0 aromatic carbocycles. The minimum Gasteiger partial charge on any atom is -0.444 e. The van der Waals surface area contributed by atoms with E-state index in [9.17, 15) is 9.59 Å². The smallest absolute Gasteiger partial charge is 0.408 e. The van der Waals surface area contributed by atoms with Gasteiger partial charge in [-0.3, -0.25) is 4.79 Å². The lowest BCUT2D eigenvalue weighted by atomic mass is 9.79. The Hall–Kier alpha value is -1.77. The molecule has 0 heterocycles. The van der Waals surface area contributed by atoms with Crippen LogP contribution in [0.5, 0.6) is 0 Å². The minimum atomic E-state index is -0.600. The first-order valence-electron chi connectivity index (χ1n) is 7.93. The number of nitrogens with one attached hydrogen (secondary N) is 2. The average Bonchev–Trinajstić information content (AvgIpc) is 2.32. The van der Waals surface area contributed by atoms with Crippen molar-refractivity contribution in [3.63, 3.8) is 0 Å². The molecule has 2 N–H and O–H groups in total. The van der Waals surface area contributed by atoms with E-state index in [0.717, 1.165) is 19.3 Å². The normalized spacial score (nSPS) is 17.6. The Bertz CT molecular complexity index is 433. The zero-order valence-corrected chi connectivity index (χ0v) is 13.9. The van der Waals surface area contributed by atoms with Crippen LogP contribution in [0.15, 0.2) is 0 Å². The number of nitrogens with zero attached hydrogens (tertiary/aromatic N) is 1. The van der Waals surface area contributed by atoms with Crippen molar-refractivity contribution in [1.29, 1.82) is 5.26 Å². The topological polar surface area (TPSA) is 91.2 Å². The van der Waals surface area contributed by atoms with Crippen LogP contribution in [0.2, 0.25) is 0 Å². The highest BCUT2D eigenvalue weighted by Crippen LogP contribution is 2.30. The van der Waals surface area contributed by atoms with Crippen molar-refractivity contribution in [2.45, 2.75) is 77.5 Å². The Morgan fingerprint density at radius 3 is 2.36 bits per heavy atom. The number of carbonyl (C=O) groups excluding carboxylic acids is 2. The Morgan fingerprint density at radius 1 is 1.32 bits per heavy atom. The van der Waals surface area contributed by atoms with Crippen LogP contribution in [0.4, 0.5) is 4.79 Å². The minimum absolute atomic E-state index is 0.145. The van der Waals surface area contributed by atoms with Crippen LogP contribution >= 0.6 is 0 Å². The van der Waals surface area contributed by atoms with Crippen LogP contribution in [0.3, 0.4) is 0 Å². The van der Waals surface area contributed by atoms with Crippen molar-refractivity contribution in [3.8, 4) is 6.07 Å². The molecule has 0 bridgehead atoms. The number of amides is 2. The molecule has 0 saturated heterocycles. The van der Waals surface area contributed by atoms with Gasteiger partial charge in [-0.2, -0.15) is 5.26 Å². The molecule has 2 atom stereocenters. The van der Waals surface area contributed by atoms with E-state index in [1.54, 1.807) is 20.8 Å². The largest absolute Gasteiger partial charge is 0.444 e. The molecule has 0 aromatic heterocycles. The summed E-state index contributed by atoms with van der Waals surface area (Å²) in [7, 11) is 0. The summed E-state index contributed by atoms with van der Waals surface area (Å²) < 4.78 is 5.23. The molecule has 1 saturated carbocycles. The van der Waals surface area contributed by atoms with Crippen molar-refractivity contribution in [3.05, 3.63) is 0 Å². The van der Waals surface area contributed by atoms with E-state index in [1.165, 1.54) is 0 Å². The van der Waals surface area contributed by atoms with E-state index in [1.807, 2.05) is 6.92 Å². The summed E-state index contributed by atoms with van der Waals surface area (Å²) >= 11 is 0. The van der Waals surface area contributed by atoms with Gasteiger partial charge in [0.2, 0.25) is 5.91 Å². The molecule has 2 amide bonds. The highest BCUT2D eigenvalue weighted by Gasteiger charge is 2.35. The number of carbonyl (C=O) groups is 2. The van der Waals surface area contributed by atoms with E-state index in [-0.39, 0.29) is 24.3 Å². The first-order chi connectivity index (χ1) is 10.3. The van der Waals surface area contributed by atoms with Gasteiger partial charge in [-0.15, -0.1) is 0 Å². The van der Waals surface area contributed by atoms with Crippen molar-refractivity contribution >= 4 is 12.0 Å². The van der Waals surface area contributed by atoms with Gasteiger partial charge in [0.1, 0.15) is 11.6 Å². The second-order valence-electron chi connectivity index (χ2n) is 6.79. The molecule has 0 unspecified atom stereocenters. The SMILES string of the molecule is CC[C@H](CC#N)NC(=O)[C@H](NC(=O)OC(C)(C)C)C1CCC1. The first-order valence-corrected chi connectivity index (χ1v) is 7.93. The van der Waals surface area contributed by atoms with Crippen molar-refractivity contribution < 1.29 is 14.3 Å². The Balaban J connectivity index is 2.66.